The van der Waals surface area contributed by atoms with Gasteiger partial charge in [-0.15, -0.1) is 0 Å². The van der Waals surface area contributed by atoms with Crippen LogP contribution in [0.3, 0.4) is 0 Å². The van der Waals surface area contributed by atoms with Crippen molar-refractivity contribution in [2.45, 2.75) is 58.0 Å². The van der Waals surface area contributed by atoms with Crippen LogP contribution in [0, 0.1) is 11.8 Å². The Kier molecular flexibility index (Phi) is 4.79. The molecule has 31 heavy (non-hydrogen) atoms. The normalized spacial score (nSPS) is 30.3. The first kappa shape index (κ1) is 21.5. The van der Waals surface area contributed by atoms with Gasteiger partial charge in [0.1, 0.15) is 5.54 Å². The summed E-state index contributed by atoms with van der Waals surface area (Å²) in [6.07, 6.45) is 0.290. The largest absolute Gasteiger partial charge is 0.339 e. The van der Waals surface area contributed by atoms with Crippen LogP contribution >= 0.6 is 0 Å². The molecule has 166 valence electrons. The molecule has 4 atom stereocenters. The molecule has 0 N–H and O–H groups in total. The molecule has 4 amide bonds. The molecule has 0 radical (unpaired) electrons. The van der Waals surface area contributed by atoms with Crippen LogP contribution in [0.2, 0.25) is 0 Å². The minimum absolute atomic E-state index is 0.0472. The van der Waals surface area contributed by atoms with Gasteiger partial charge in [-0.25, -0.2) is 0 Å². The maximum Gasteiger partial charge on any atom is 0.255 e. The number of rotatable bonds is 3. The smallest absolute Gasteiger partial charge is 0.255 e. The van der Waals surface area contributed by atoms with Gasteiger partial charge in [-0.1, -0.05) is 39.8 Å². The Hall–Kier alpha value is -2.70. The first-order chi connectivity index (χ1) is 14.5. The molecule has 7 nitrogen and oxygen atoms in total. The summed E-state index contributed by atoms with van der Waals surface area (Å²) in [5.74, 6) is -2.64. The first-order valence-electron chi connectivity index (χ1n) is 11.1. The number of benzene rings is 1. The molecule has 3 fully saturated rings. The number of likely N-dealkylation sites (tertiary alicyclic amines) is 2. The molecule has 0 aromatic heterocycles. The van der Waals surface area contributed by atoms with Crippen molar-refractivity contribution < 1.29 is 19.2 Å². The highest BCUT2D eigenvalue weighted by Crippen LogP contribution is 2.54. The number of likely N-dealkylation sites (N-methyl/N-ethyl adjacent to an activating group) is 1. The first-order valence-corrected chi connectivity index (χ1v) is 11.1. The van der Waals surface area contributed by atoms with Crippen molar-refractivity contribution in [2.24, 2.45) is 11.8 Å². The van der Waals surface area contributed by atoms with E-state index in [1.165, 1.54) is 7.05 Å². The number of amides is 4. The minimum atomic E-state index is -1.32. The van der Waals surface area contributed by atoms with Crippen LogP contribution in [0.15, 0.2) is 24.3 Å². The number of hydrogen-bond donors (Lipinski definition) is 0. The Morgan fingerprint density at radius 1 is 1.06 bits per heavy atom. The second-order valence-electron chi connectivity index (χ2n) is 9.93. The van der Waals surface area contributed by atoms with E-state index in [9.17, 15) is 19.2 Å². The van der Waals surface area contributed by atoms with Crippen molar-refractivity contribution in [3.05, 3.63) is 35.4 Å². The molecule has 0 unspecified atom stereocenters. The van der Waals surface area contributed by atoms with Gasteiger partial charge in [0.05, 0.1) is 17.9 Å². The van der Waals surface area contributed by atoms with Crippen LogP contribution in [0.5, 0.6) is 0 Å². The van der Waals surface area contributed by atoms with E-state index in [4.69, 9.17) is 0 Å². The van der Waals surface area contributed by atoms with E-state index in [0.29, 0.717) is 18.5 Å². The van der Waals surface area contributed by atoms with Crippen molar-refractivity contribution in [1.29, 1.82) is 0 Å². The zero-order valence-corrected chi connectivity index (χ0v) is 19.1. The maximum absolute atomic E-state index is 13.8. The molecule has 0 spiro atoms. The topological polar surface area (TPSA) is 78.0 Å². The Labute approximate surface area is 183 Å². The maximum atomic E-state index is 13.8. The number of imide groups is 1. The second-order valence-corrected chi connectivity index (χ2v) is 9.93. The molecular weight excluding hydrogens is 394 g/mol. The van der Waals surface area contributed by atoms with Crippen LogP contribution in [-0.4, -0.2) is 70.0 Å². The van der Waals surface area contributed by atoms with Crippen molar-refractivity contribution in [3.8, 4) is 0 Å². The summed E-state index contributed by atoms with van der Waals surface area (Å²) < 4.78 is 0. The predicted octanol–water partition coefficient (Wildman–Crippen LogP) is 2.05. The molecule has 3 aliphatic rings. The number of hydrogen-bond acceptors (Lipinski definition) is 4. The molecule has 1 aromatic carbocycles. The van der Waals surface area contributed by atoms with E-state index in [1.807, 2.05) is 26.0 Å². The number of nitrogens with zero attached hydrogens (tertiary/aromatic N) is 3. The standard InChI is InChI=1S/C24H31N3O4/c1-7-24-18-17(20(29)25(6)21(18)30)16(13-26(8-2)22(24)31)27(24)19(28)14-9-11-15(12-10-14)23(3,4)5/h9-12,16-18H,7-8,13H2,1-6H3/t16-,17+,18-,24-/m1/s1. The molecule has 0 saturated carbocycles. The van der Waals surface area contributed by atoms with Crippen molar-refractivity contribution >= 4 is 23.6 Å². The monoisotopic (exact) mass is 425 g/mol. The predicted molar refractivity (Wildman–Crippen MR) is 115 cm³/mol. The van der Waals surface area contributed by atoms with E-state index in [-0.39, 0.29) is 35.6 Å². The van der Waals surface area contributed by atoms with E-state index < -0.39 is 23.4 Å². The Morgan fingerprint density at radius 3 is 2.19 bits per heavy atom. The van der Waals surface area contributed by atoms with Gasteiger partial charge < -0.3 is 9.80 Å². The highest BCUT2D eigenvalue weighted by molar-refractivity contribution is 6.13. The molecule has 3 saturated heterocycles. The van der Waals surface area contributed by atoms with Crippen molar-refractivity contribution in [3.63, 3.8) is 0 Å². The van der Waals surface area contributed by atoms with Gasteiger partial charge in [-0.3, -0.25) is 24.1 Å². The summed E-state index contributed by atoms with van der Waals surface area (Å²) in [5, 5.41) is 0. The molecular formula is C24H31N3O4. The molecule has 7 heteroatoms. The third-order valence-corrected chi connectivity index (χ3v) is 7.46. The second kappa shape index (κ2) is 6.90. The van der Waals surface area contributed by atoms with Crippen LogP contribution in [0.25, 0.3) is 0 Å². The fraction of sp³-hybridized carbons (Fsp3) is 0.583. The van der Waals surface area contributed by atoms with Crippen LogP contribution in [0.1, 0.15) is 57.0 Å². The molecule has 1 aromatic rings. The third-order valence-electron chi connectivity index (χ3n) is 7.46. The number of piperazine rings is 1. The van der Waals surface area contributed by atoms with E-state index in [1.54, 1.807) is 21.9 Å². The number of fused-ring (bicyclic) bond motifs is 5. The molecule has 2 bridgehead atoms. The average Bonchev–Trinajstić information content (AvgIpc) is 3.11. The van der Waals surface area contributed by atoms with Gasteiger partial charge >= 0.3 is 0 Å². The zero-order valence-electron chi connectivity index (χ0n) is 19.1. The zero-order chi connectivity index (χ0) is 22.9. The van der Waals surface area contributed by atoms with Crippen LogP contribution in [0.4, 0.5) is 0 Å². The van der Waals surface area contributed by atoms with Crippen molar-refractivity contribution in [1.82, 2.24) is 14.7 Å². The quantitative estimate of drug-likeness (QED) is 0.695. The molecule has 0 aliphatic carbocycles. The lowest BCUT2D eigenvalue weighted by Gasteiger charge is -2.49. The Balaban J connectivity index is 1.82. The molecule has 3 aliphatic heterocycles. The lowest BCUT2D eigenvalue weighted by molar-refractivity contribution is -0.156. The van der Waals surface area contributed by atoms with Gasteiger partial charge in [0.15, 0.2) is 0 Å². The summed E-state index contributed by atoms with van der Waals surface area (Å²) in [7, 11) is 1.47. The summed E-state index contributed by atoms with van der Waals surface area (Å²) in [6.45, 7) is 10.8. The average molecular weight is 426 g/mol. The SMILES string of the molecule is CCN1C[C@@H]2[C@@H]3C(=O)N(C)C(=O)[C@@H]3[C@](CC)(C1=O)N2C(=O)c1ccc(C(C)(C)C)cc1. The summed E-state index contributed by atoms with van der Waals surface area (Å²) >= 11 is 0. The van der Waals surface area contributed by atoms with Crippen molar-refractivity contribution in [2.75, 3.05) is 20.1 Å². The highest BCUT2D eigenvalue weighted by atomic mass is 16.2. The van der Waals surface area contributed by atoms with Gasteiger partial charge in [0, 0.05) is 25.7 Å². The minimum Gasteiger partial charge on any atom is -0.339 e. The fourth-order valence-electron chi connectivity index (χ4n) is 5.74. The number of carbonyl (C=O) groups excluding carboxylic acids is 4. The summed E-state index contributed by atoms with van der Waals surface area (Å²) in [6, 6.07) is 6.94. The Bertz CT molecular complexity index is 964. The van der Waals surface area contributed by atoms with Gasteiger partial charge in [0.2, 0.25) is 17.7 Å². The van der Waals surface area contributed by atoms with Gasteiger partial charge in [0.25, 0.3) is 5.91 Å². The molecule has 3 heterocycles. The fourth-order valence-corrected chi connectivity index (χ4v) is 5.74. The summed E-state index contributed by atoms with van der Waals surface area (Å²) in [5.41, 5.74) is 0.213. The number of carbonyl (C=O) groups is 4. The van der Waals surface area contributed by atoms with Crippen LogP contribution < -0.4 is 0 Å². The van der Waals surface area contributed by atoms with E-state index >= 15 is 0 Å². The summed E-state index contributed by atoms with van der Waals surface area (Å²) in [4.78, 5) is 57.9. The lowest BCUT2D eigenvalue weighted by Crippen LogP contribution is -2.69. The highest BCUT2D eigenvalue weighted by Gasteiger charge is 2.74. The van der Waals surface area contributed by atoms with E-state index in [0.717, 1.165) is 10.5 Å². The third kappa shape index (κ3) is 2.71. The van der Waals surface area contributed by atoms with Gasteiger partial charge in [-0.05, 0) is 36.5 Å². The van der Waals surface area contributed by atoms with Crippen LogP contribution in [-0.2, 0) is 19.8 Å². The van der Waals surface area contributed by atoms with E-state index in [2.05, 4.69) is 20.8 Å². The van der Waals surface area contributed by atoms with Gasteiger partial charge in [-0.2, -0.15) is 0 Å². The molecule has 4 rings (SSSR count). The lowest BCUT2D eigenvalue weighted by atomic mass is 9.78. The Morgan fingerprint density at radius 2 is 1.68 bits per heavy atom.